The standard InChI is InChI=1S/C11H10ClF3N2S/c12-8-5-6(1-2-7(8)9(16)18)17-10(3-4-10)11(13,14)15/h1-2,5,17H,3-4H2,(H2,16,18). The Morgan fingerprint density at radius 2 is 2.00 bits per heavy atom. The Morgan fingerprint density at radius 1 is 1.39 bits per heavy atom. The number of benzene rings is 1. The van der Waals surface area contributed by atoms with Crippen LogP contribution < -0.4 is 11.1 Å². The highest BCUT2D eigenvalue weighted by molar-refractivity contribution is 7.80. The van der Waals surface area contributed by atoms with Crippen LogP contribution in [0.5, 0.6) is 0 Å². The molecule has 0 radical (unpaired) electrons. The van der Waals surface area contributed by atoms with Gasteiger partial charge in [0.15, 0.2) is 0 Å². The fraction of sp³-hybridized carbons (Fsp3) is 0.364. The molecule has 0 amide bonds. The number of anilines is 1. The van der Waals surface area contributed by atoms with Gasteiger partial charge in [0.1, 0.15) is 10.5 Å². The molecule has 0 aliphatic heterocycles. The maximum Gasteiger partial charge on any atom is 0.411 e. The van der Waals surface area contributed by atoms with E-state index in [-0.39, 0.29) is 22.9 Å². The van der Waals surface area contributed by atoms with Crippen molar-refractivity contribution in [1.82, 2.24) is 0 Å². The van der Waals surface area contributed by atoms with Crippen molar-refractivity contribution in [2.45, 2.75) is 24.6 Å². The lowest BCUT2D eigenvalue weighted by molar-refractivity contribution is -0.151. The summed E-state index contributed by atoms with van der Waals surface area (Å²) >= 11 is 10.7. The summed E-state index contributed by atoms with van der Waals surface area (Å²) in [5, 5.41) is 2.72. The topological polar surface area (TPSA) is 38.0 Å². The SMILES string of the molecule is NC(=S)c1ccc(NC2(C(F)(F)F)CC2)cc1Cl. The van der Waals surface area contributed by atoms with E-state index in [0.29, 0.717) is 11.3 Å². The van der Waals surface area contributed by atoms with Crippen molar-refractivity contribution in [3.05, 3.63) is 28.8 Å². The Hall–Kier alpha value is -1.01. The molecular weight excluding hydrogens is 285 g/mol. The summed E-state index contributed by atoms with van der Waals surface area (Å²) in [5.74, 6) is 0. The molecule has 0 heterocycles. The molecule has 1 aromatic carbocycles. The van der Waals surface area contributed by atoms with Gasteiger partial charge in [-0.3, -0.25) is 0 Å². The minimum Gasteiger partial charge on any atom is -0.389 e. The predicted octanol–water partition coefficient (Wildman–Crippen LogP) is 3.48. The lowest BCUT2D eigenvalue weighted by Gasteiger charge is -2.22. The lowest BCUT2D eigenvalue weighted by atomic mass is 10.1. The molecule has 0 atom stereocenters. The number of hydrogen-bond donors (Lipinski definition) is 2. The largest absolute Gasteiger partial charge is 0.411 e. The van der Waals surface area contributed by atoms with Crippen molar-refractivity contribution in [2.24, 2.45) is 5.73 Å². The molecule has 1 aliphatic carbocycles. The Morgan fingerprint density at radius 3 is 2.39 bits per heavy atom. The van der Waals surface area contributed by atoms with Gasteiger partial charge in [0.25, 0.3) is 0 Å². The first-order chi connectivity index (χ1) is 8.25. The third-order valence-corrected chi connectivity index (χ3v) is 3.44. The van der Waals surface area contributed by atoms with E-state index in [1.807, 2.05) is 0 Å². The third kappa shape index (κ3) is 2.40. The molecule has 0 aromatic heterocycles. The van der Waals surface area contributed by atoms with Crippen molar-refractivity contribution < 1.29 is 13.2 Å². The average molecular weight is 295 g/mol. The maximum atomic E-state index is 12.8. The zero-order valence-corrected chi connectivity index (χ0v) is 10.7. The van der Waals surface area contributed by atoms with Gasteiger partial charge in [0.05, 0.1) is 5.02 Å². The molecule has 0 spiro atoms. The van der Waals surface area contributed by atoms with E-state index >= 15 is 0 Å². The maximum absolute atomic E-state index is 12.8. The van der Waals surface area contributed by atoms with Gasteiger partial charge >= 0.3 is 6.18 Å². The lowest BCUT2D eigenvalue weighted by Crippen LogP contribution is -2.38. The number of alkyl halides is 3. The van der Waals surface area contributed by atoms with Crippen LogP contribution in [0.15, 0.2) is 18.2 Å². The van der Waals surface area contributed by atoms with E-state index in [9.17, 15) is 13.2 Å². The number of nitrogens with one attached hydrogen (secondary N) is 1. The van der Waals surface area contributed by atoms with Crippen molar-refractivity contribution in [1.29, 1.82) is 0 Å². The minimum atomic E-state index is -4.26. The van der Waals surface area contributed by atoms with Crippen LogP contribution in [0.2, 0.25) is 5.02 Å². The summed E-state index contributed by atoms with van der Waals surface area (Å²) in [5.41, 5.74) is 4.38. The second-order valence-corrected chi connectivity index (χ2v) is 5.11. The smallest absolute Gasteiger partial charge is 0.389 e. The molecule has 0 unspecified atom stereocenters. The molecular formula is C11H10ClF3N2S. The number of thiocarbonyl (C=S) groups is 1. The number of nitrogens with two attached hydrogens (primary N) is 1. The normalized spacial score (nSPS) is 17.3. The molecule has 18 heavy (non-hydrogen) atoms. The summed E-state index contributed by atoms with van der Waals surface area (Å²) in [6.45, 7) is 0. The Labute approximate surface area is 112 Å². The first-order valence-electron chi connectivity index (χ1n) is 5.19. The van der Waals surface area contributed by atoms with Crippen LogP contribution in [0, 0.1) is 0 Å². The van der Waals surface area contributed by atoms with E-state index in [4.69, 9.17) is 29.6 Å². The van der Waals surface area contributed by atoms with Gasteiger partial charge in [-0.25, -0.2) is 0 Å². The highest BCUT2D eigenvalue weighted by Crippen LogP contribution is 2.51. The fourth-order valence-electron chi connectivity index (χ4n) is 1.67. The van der Waals surface area contributed by atoms with E-state index in [1.54, 1.807) is 0 Å². The molecule has 1 saturated carbocycles. The van der Waals surface area contributed by atoms with Crippen molar-refractivity contribution in [3.8, 4) is 0 Å². The Balaban J connectivity index is 2.22. The van der Waals surface area contributed by atoms with Gasteiger partial charge in [-0.15, -0.1) is 0 Å². The highest BCUT2D eigenvalue weighted by atomic mass is 35.5. The number of hydrogen-bond acceptors (Lipinski definition) is 2. The van der Waals surface area contributed by atoms with Crippen LogP contribution in [0.25, 0.3) is 0 Å². The quantitative estimate of drug-likeness (QED) is 0.838. The molecule has 1 aromatic rings. The van der Waals surface area contributed by atoms with Gasteiger partial charge in [0.2, 0.25) is 0 Å². The highest BCUT2D eigenvalue weighted by Gasteiger charge is 2.63. The van der Waals surface area contributed by atoms with E-state index in [1.165, 1.54) is 18.2 Å². The second-order valence-electron chi connectivity index (χ2n) is 4.26. The number of rotatable bonds is 3. The first-order valence-corrected chi connectivity index (χ1v) is 5.98. The third-order valence-electron chi connectivity index (χ3n) is 2.91. The average Bonchev–Trinajstić information content (AvgIpc) is 2.97. The molecule has 1 fully saturated rings. The summed E-state index contributed by atoms with van der Waals surface area (Å²) < 4.78 is 38.3. The van der Waals surface area contributed by atoms with E-state index in [0.717, 1.165) is 0 Å². The second kappa shape index (κ2) is 4.28. The van der Waals surface area contributed by atoms with Crippen LogP contribution in [0.4, 0.5) is 18.9 Å². The van der Waals surface area contributed by atoms with Crippen molar-refractivity contribution in [3.63, 3.8) is 0 Å². The van der Waals surface area contributed by atoms with E-state index < -0.39 is 11.7 Å². The molecule has 2 nitrogen and oxygen atoms in total. The molecule has 7 heteroatoms. The predicted molar refractivity (Wildman–Crippen MR) is 69.0 cm³/mol. The van der Waals surface area contributed by atoms with Gasteiger partial charge < -0.3 is 11.1 Å². The molecule has 2 rings (SSSR count). The van der Waals surface area contributed by atoms with Gasteiger partial charge in [-0.2, -0.15) is 13.2 Å². The number of halogens is 4. The molecule has 1 aliphatic rings. The van der Waals surface area contributed by atoms with Crippen LogP contribution in [0.1, 0.15) is 18.4 Å². The first kappa shape index (κ1) is 13.4. The van der Waals surface area contributed by atoms with Crippen LogP contribution in [0.3, 0.4) is 0 Å². The van der Waals surface area contributed by atoms with Crippen LogP contribution in [-0.2, 0) is 0 Å². The fourth-order valence-corrected chi connectivity index (χ4v) is 2.19. The van der Waals surface area contributed by atoms with E-state index in [2.05, 4.69) is 5.32 Å². The zero-order valence-electron chi connectivity index (χ0n) is 9.14. The van der Waals surface area contributed by atoms with Crippen LogP contribution in [-0.4, -0.2) is 16.7 Å². The van der Waals surface area contributed by atoms with Crippen LogP contribution >= 0.6 is 23.8 Å². The summed E-state index contributed by atoms with van der Waals surface area (Å²) in [7, 11) is 0. The summed E-state index contributed by atoms with van der Waals surface area (Å²) in [4.78, 5) is 0.114. The molecule has 0 saturated heterocycles. The zero-order chi connectivity index (χ0) is 13.6. The molecule has 0 bridgehead atoms. The monoisotopic (exact) mass is 294 g/mol. The summed E-state index contributed by atoms with van der Waals surface area (Å²) in [6, 6.07) is 4.41. The Bertz CT molecular complexity index is 498. The molecule has 3 N–H and O–H groups in total. The van der Waals surface area contributed by atoms with Gasteiger partial charge in [0, 0.05) is 11.3 Å². The van der Waals surface area contributed by atoms with Gasteiger partial charge in [-0.05, 0) is 31.0 Å². The van der Waals surface area contributed by atoms with Gasteiger partial charge in [-0.1, -0.05) is 23.8 Å². The minimum absolute atomic E-state index is 0.0746. The Kier molecular flexibility index (Phi) is 3.19. The summed E-state index contributed by atoms with van der Waals surface area (Å²) in [6.07, 6.45) is -4.11. The molecule has 98 valence electrons. The van der Waals surface area contributed by atoms with Crippen molar-refractivity contribution >= 4 is 34.5 Å². The van der Waals surface area contributed by atoms with Crippen molar-refractivity contribution in [2.75, 3.05) is 5.32 Å².